The van der Waals surface area contributed by atoms with Crippen LogP contribution in [0.1, 0.15) is 6.92 Å². The molecule has 0 aliphatic heterocycles. The van der Waals surface area contributed by atoms with Gasteiger partial charge in [0.1, 0.15) is 0 Å². The van der Waals surface area contributed by atoms with E-state index < -0.39 is 10.0 Å². The van der Waals surface area contributed by atoms with Crippen LogP contribution in [0.5, 0.6) is 0 Å². The molecule has 0 atom stereocenters. The van der Waals surface area contributed by atoms with Crippen LogP contribution in [0.25, 0.3) is 11.0 Å². The third kappa shape index (κ3) is 2.01. The van der Waals surface area contributed by atoms with Crippen LogP contribution >= 0.6 is 0 Å². The van der Waals surface area contributed by atoms with E-state index in [1.54, 1.807) is 39.2 Å². The number of sulfonamides is 1. The van der Waals surface area contributed by atoms with Gasteiger partial charge < -0.3 is 0 Å². The molecule has 6 nitrogen and oxygen atoms in total. The maximum Gasteiger partial charge on any atom is 0.328 e. The van der Waals surface area contributed by atoms with Crippen molar-refractivity contribution in [2.75, 3.05) is 10.5 Å². The normalized spacial score (nSPS) is 11.9. The maximum atomic E-state index is 11.7. The number of fused-ring (bicyclic) bond motifs is 1. The predicted octanol–water partition coefficient (Wildman–Crippen LogP) is 0.639. The van der Waals surface area contributed by atoms with Crippen molar-refractivity contribution < 1.29 is 8.42 Å². The van der Waals surface area contributed by atoms with E-state index in [9.17, 15) is 13.2 Å². The highest BCUT2D eigenvalue weighted by atomic mass is 32.2. The van der Waals surface area contributed by atoms with Crippen LogP contribution in [-0.2, 0) is 24.1 Å². The van der Waals surface area contributed by atoms with E-state index in [0.717, 1.165) is 5.52 Å². The molecule has 0 saturated carbocycles. The molecular weight excluding hydrogens is 254 g/mol. The number of hydrogen-bond acceptors (Lipinski definition) is 3. The van der Waals surface area contributed by atoms with Gasteiger partial charge in [0.25, 0.3) is 0 Å². The molecule has 2 rings (SSSR count). The van der Waals surface area contributed by atoms with Crippen LogP contribution in [0.3, 0.4) is 0 Å². The van der Waals surface area contributed by atoms with Gasteiger partial charge in [0.15, 0.2) is 0 Å². The Labute approximate surface area is 105 Å². The van der Waals surface area contributed by atoms with Crippen molar-refractivity contribution in [3.05, 3.63) is 28.7 Å². The largest absolute Gasteiger partial charge is 0.328 e. The van der Waals surface area contributed by atoms with Gasteiger partial charge in [0.2, 0.25) is 10.0 Å². The number of nitrogens with one attached hydrogen (secondary N) is 1. The number of benzene rings is 1. The van der Waals surface area contributed by atoms with E-state index >= 15 is 0 Å². The Morgan fingerprint density at radius 2 is 1.78 bits per heavy atom. The molecular formula is C11H15N3O3S. The highest BCUT2D eigenvalue weighted by Gasteiger charge is 2.11. The Bertz CT molecular complexity index is 756. The molecule has 98 valence electrons. The standard InChI is InChI=1S/C11H15N3O3S/c1-4-18(16,17)12-8-5-6-9-10(7-8)14(3)11(15)13(9)2/h5-7,12H,4H2,1-3H3. The van der Waals surface area contributed by atoms with Crippen molar-refractivity contribution >= 4 is 26.7 Å². The zero-order valence-corrected chi connectivity index (χ0v) is 11.3. The Morgan fingerprint density at radius 1 is 1.17 bits per heavy atom. The molecule has 0 spiro atoms. The molecule has 0 aliphatic rings. The van der Waals surface area contributed by atoms with Gasteiger partial charge in [-0.05, 0) is 25.1 Å². The summed E-state index contributed by atoms with van der Waals surface area (Å²) in [5.74, 6) is 0.0127. The van der Waals surface area contributed by atoms with Gasteiger partial charge in [-0.1, -0.05) is 0 Å². The first-order chi connectivity index (χ1) is 8.35. The number of aryl methyl sites for hydroxylation is 2. The summed E-state index contributed by atoms with van der Waals surface area (Å²) >= 11 is 0. The zero-order chi connectivity index (χ0) is 13.5. The Kier molecular flexibility index (Phi) is 2.94. The summed E-state index contributed by atoms with van der Waals surface area (Å²) in [5.41, 5.74) is 1.78. The van der Waals surface area contributed by atoms with Crippen LogP contribution in [0.4, 0.5) is 5.69 Å². The molecule has 2 aromatic rings. The van der Waals surface area contributed by atoms with Crippen LogP contribution in [0.2, 0.25) is 0 Å². The van der Waals surface area contributed by atoms with Crippen molar-refractivity contribution in [2.45, 2.75) is 6.92 Å². The minimum atomic E-state index is -3.30. The van der Waals surface area contributed by atoms with Gasteiger partial charge in [0, 0.05) is 14.1 Å². The van der Waals surface area contributed by atoms with E-state index in [2.05, 4.69) is 4.72 Å². The molecule has 7 heteroatoms. The van der Waals surface area contributed by atoms with E-state index in [4.69, 9.17) is 0 Å². The summed E-state index contributed by atoms with van der Waals surface area (Å²) in [4.78, 5) is 11.7. The lowest BCUT2D eigenvalue weighted by atomic mass is 10.3. The second kappa shape index (κ2) is 4.16. The van der Waals surface area contributed by atoms with Gasteiger partial charge in [-0.2, -0.15) is 0 Å². The smallest absolute Gasteiger partial charge is 0.295 e. The maximum absolute atomic E-state index is 11.7. The summed E-state index contributed by atoms with van der Waals surface area (Å²) in [6.07, 6.45) is 0. The SMILES string of the molecule is CCS(=O)(=O)Nc1ccc2c(c1)n(C)c(=O)n2C. The lowest BCUT2D eigenvalue weighted by Crippen LogP contribution is -2.19. The summed E-state index contributed by atoms with van der Waals surface area (Å²) in [5, 5.41) is 0. The van der Waals surface area contributed by atoms with Crippen LogP contribution in [0, 0.1) is 0 Å². The van der Waals surface area contributed by atoms with Gasteiger partial charge in [-0.15, -0.1) is 0 Å². The first-order valence-electron chi connectivity index (χ1n) is 5.51. The lowest BCUT2D eigenvalue weighted by molar-refractivity contribution is 0.602. The van der Waals surface area contributed by atoms with Gasteiger partial charge in [-0.25, -0.2) is 13.2 Å². The first kappa shape index (κ1) is 12.7. The average molecular weight is 269 g/mol. The molecule has 0 radical (unpaired) electrons. The van der Waals surface area contributed by atoms with E-state index in [0.29, 0.717) is 11.2 Å². The number of rotatable bonds is 3. The van der Waals surface area contributed by atoms with Crippen molar-refractivity contribution in [2.24, 2.45) is 14.1 Å². The van der Waals surface area contributed by atoms with Crippen molar-refractivity contribution in [1.82, 2.24) is 9.13 Å². The van der Waals surface area contributed by atoms with Crippen molar-refractivity contribution in [3.8, 4) is 0 Å². The molecule has 0 amide bonds. The second-order valence-electron chi connectivity index (χ2n) is 4.11. The highest BCUT2D eigenvalue weighted by Crippen LogP contribution is 2.18. The quantitative estimate of drug-likeness (QED) is 0.888. The van der Waals surface area contributed by atoms with Gasteiger partial charge in [-0.3, -0.25) is 13.9 Å². The number of nitrogens with zero attached hydrogens (tertiary/aromatic N) is 2. The fraction of sp³-hybridized carbons (Fsp3) is 0.364. The van der Waals surface area contributed by atoms with E-state index in [-0.39, 0.29) is 11.4 Å². The van der Waals surface area contributed by atoms with Crippen molar-refractivity contribution in [1.29, 1.82) is 0 Å². The minimum Gasteiger partial charge on any atom is -0.295 e. The molecule has 18 heavy (non-hydrogen) atoms. The topological polar surface area (TPSA) is 73.1 Å². The number of anilines is 1. The number of hydrogen-bond donors (Lipinski definition) is 1. The van der Waals surface area contributed by atoms with Crippen molar-refractivity contribution in [3.63, 3.8) is 0 Å². The fourth-order valence-electron chi connectivity index (χ4n) is 1.82. The number of aromatic nitrogens is 2. The minimum absolute atomic E-state index is 0.0127. The summed E-state index contributed by atoms with van der Waals surface area (Å²) in [6, 6.07) is 5.03. The molecule has 1 heterocycles. The molecule has 0 saturated heterocycles. The lowest BCUT2D eigenvalue weighted by Gasteiger charge is -2.06. The van der Waals surface area contributed by atoms with Crippen LogP contribution < -0.4 is 10.4 Å². The third-order valence-electron chi connectivity index (χ3n) is 2.93. The summed E-state index contributed by atoms with van der Waals surface area (Å²) in [6.45, 7) is 1.57. The third-order valence-corrected chi connectivity index (χ3v) is 4.23. The molecule has 1 aromatic carbocycles. The molecule has 1 N–H and O–H groups in total. The zero-order valence-electron chi connectivity index (χ0n) is 10.5. The summed E-state index contributed by atoms with van der Waals surface area (Å²) in [7, 11) is 0.0351. The Morgan fingerprint density at radius 3 is 2.39 bits per heavy atom. The molecule has 0 bridgehead atoms. The highest BCUT2D eigenvalue weighted by molar-refractivity contribution is 7.92. The molecule has 0 aliphatic carbocycles. The monoisotopic (exact) mass is 269 g/mol. The fourth-order valence-corrected chi connectivity index (χ4v) is 2.45. The van der Waals surface area contributed by atoms with E-state index in [1.165, 1.54) is 9.13 Å². The Balaban J connectivity index is 2.58. The molecule has 1 aromatic heterocycles. The average Bonchev–Trinajstić information content (AvgIpc) is 2.54. The van der Waals surface area contributed by atoms with Crippen LogP contribution in [-0.4, -0.2) is 23.3 Å². The van der Waals surface area contributed by atoms with Crippen LogP contribution in [0.15, 0.2) is 23.0 Å². The van der Waals surface area contributed by atoms with E-state index in [1.807, 2.05) is 0 Å². The second-order valence-corrected chi connectivity index (χ2v) is 6.12. The molecule has 0 unspecified atom stereocenters. The number of imidazole rings is 1. The van der Waals surface area contributed by atoms with Gasteiger partial charge >= 0.3 is 5.69 Å². The first-order valence-corrected chi connectivity index (χ1v) is 7.17. The van der Waals surface area contributed by atoms with Gasteiger partial charge in [0.05, 0.1) is 22.5 Å². The predicted molar refractivity (Wildman–Crippen MR) is 71.2 cm³/mol. The molecule has 0 fully saturated rings. The Hall–Kier alpha value is -1.76. The summed E-state index contributed by atoms with van der Waals surface area (Å²) < 4.78 is 28.4.